The standard InChI is InChI=1S/C20H24N4O3/c1-15-4-3-5-17(12-15)23-10-8-22(9-11-23)14-20(25)21-18-7-6-16(2)13-19(18)24(26)27/h3-7,12-13H,8-11,14H2,1-2H3,(H,21,25). The number of nitro groups is 1. The van der Waals surface area contributed by atoms with Crippen molar-refractivity contribution in [3.63, 3.8) is 0 Å². The predicted molar refractivity (Wildman–Crippen MR) is 106 cm³/mol. The van der Waals surface area contributed by atoms with Crippen molar-refractivity contribution in [1.82, 2.24) is 4.90 Å². The number of nitrogens with zero attached hydrogens (tertiary/aromatic N) is 3. The molecule has 7 heteroatoms. The van der Waals surface area contributed by atoms with Crippen LogP contribution in [0.2, 0.25) is 0 Å². The van der Waals surface area contributed by atoms with Crippen molar-refractivity contribution in [3.05, 3.63) is 63.7 Å². The zero-order valence-electron chi connectivity index (χ0n) is 15.6. The summed E-state index contributed by atoms with van der Waals surface area (Å²) in [7, 11) is 0. The minimum absolute atomic E-state index is 0.0763. The predicted octanol–water partition coefficient (Wildman–Crippen LogP) is 2.97. The van der Waals surface area contributed by atoms with Crippen molar-refractivity contribution in [1.29, 1.82) is 0 Å². The first kappa shape index (κ1) is 18.8. The van der Waals surface area contributed by atoms with Gasteiger partial charge in [0.2, 0.25) is 5.91 Å². The quantitative estimate of drug-likeness (QED) is 0.648. The van der Waals surface area contributed by atoms with E-state index in [9.17, 15) is 14.9 Å². The number of aryl methyl sites for hydroxylation is 2. The Bertz CT molecular complexity index is 845. The van der Waals surface area contributed by atoms with Gasteiger partial charge in [-0.15, -0.1) is 0 Å². The third-order valence-corrected chi connectivity index (χ3v) is 4.73. The molecule has 0 unspecified atom stereocenters. The second kappa shape index (κ2) is 8.18. The van der Waals surface area contributed by atoms with Crippen LogP contribution in [-0.2, 0) is 4.79 Å². The summed E-state index contributed by atoms with van der Waals surface area (Å²) in [4.78, 5) is 27.4. The summed E-state index contributed by atoms with van der Waals surface area (Å²) >= 11 is 0. The first-order valence-corrected chi connectivity index (χ1v) is 9.01. The third-order valence-electron chi connectivity index (χ3n) is 4.73. The fourth-order valence-corrected chi connectivity index (χ4v) is 3.28. The molecule has 1 saturated heterocycles. The van der Waals surface area contributed by atoms with Crippen molar-refractivity contribution in [2.45, 2.75) is 13.8 Å². The number of hydrogen-bond acceptors (Lipinski definition) is 5. The van der Waals surface area contributed by atoms with E-state index < -0.39 is 4.92 Å². The number of carbonyl (C=O) groups excluding carboxylic acids is 1. The van der Waals surface area contributed by atoms with Gasteiger partial charge in [-0.1, -0.05) is 18.2 Å². The van der Waals surface area contributed by atoms with Crippen LogP contribution in [-0.4, -0.2) is 48.5 Å². The molecule has 0 saturated carbocycles. The van der Waals surface area contributed by atoms with Crippen LogP contribution in [0.3, 0.4) is 0 Å². The molecule has 0 aromatic heterocycles. The molecule has 3 rings (SSSR count). The monoisotopic (exact) mass is 368 g/mol. The summed E-state index contributed by atoms with van der Waals surface area (Å²) in [5.74, 6) is -0.231. The molecular formula is C20H24N4O3. The summed E-state index contributed by atoms with van der Waals surface area (Å²) in [6, 6.07) is 13.2. The average Bonchev–Trinajstić information content (AvgIpc) is 2.63. The van der Waals surface area contributed by atoms with Crippen molar-refractivity contribution in [2.75, 3.05) is 42.9 Å². The fourth-order valence-electron chi connectivity index (χ4n) is 3.28. The van der Waals surface area contributed by atoms with Gasteiger partial charge in [0, 0.05) is 37.9 Å². The molecule has 0 spiro atoms. The Balaban J connectivity index is 1.55. The molecular weight excluding hydrogens is 344 g/mol. The van der Waals surface area contributed by atoms with Gasteiger partial charge in [-0.2, -0.15) is 0 Å². The minimum Gasteiger partial charge on any atom is -0.369 e. The number of amides is 1. The lowest BCUT2D eigenvalue weighted by molar-refractivity contribution is -0.384. The van der Waals surface area contributed by atoms with E-state index in [1.165, 1.54) is 17.3 Å². The van der Waals surface area contributed by atoms with E-state index in [-0.39, 0.29) is 23.8 Å². The lowest BCUT2D eigenvalue weighted by Crippen LogP contribution is -2.48. The van der Waals surface area contributed by atoms with E-state index in [0.717, 1.165) is 31.7 Å². The molecule has 1 aliphatic heterocycles. The van der Waals surface area contributed by atoms with Gasteiger partial charge in [0.1, 0.15) is 5.69 Å². The zero-order chi connectivity index (χ0) is 19.4. The zero-order valence-corrected chi connectivity index (χ0v) is 15.6. The normalized spacial score (nSPS) is 14.8. The Morgan fingerprint density at radius 1 is 1.07 bits per heavy atom. The highest BCUT2D eigenvalue weighted by Crippen LogP contribution is 2.25. The molecule has 142 valence electrons. The molecule has 7 nitrogen and oxygen atoms in total. The third kappa shape index (κ3) is 4.83. The number of rotatable bonds is 5. The largest absolute Gasteiger partial charge is 0.369 e. The summed E-state index contributed by atoms with van der Waals surface area (Å²) in [5.41, 5.74) is 3.39. The lowest BCUT2D eigenvalue weighted by Gasteiger charge is -2.35. The molecule has 27 heavy (non-hydrogen) atoms. The van der Waals surface area contributed by atoms with Crippen LogP contribution in [0.15, 0.2) is 42.5 Å². The molecule has 0 bridgehead atoms. The van der Waals surface area contributed by atoms with Crippen LogP contribution in [0.1, 0.15) is 11.1 Å². The Morgan fingerprint density at radius 3 is 2.44 bits per heavy atom. The number of carbonyl (C=O) groups is 1. The molecule has 0 radical (unpaired) electrons. The summed E-state index contributed by atoms with van der Waals surface area (Å²) in [6.07, 6.45) is 0. The maximum absolute atomic E-state index is 12.3. The van der Waals surface area contributed by atoms with E-state index in [1.54, 1.807) is 19.1 Å². The van der Waals surface area contributed by atoms with Crippen LogP contribution in [0.25, 0.3) is 0 Å². The summed E-state index contributed by atoms with van der Waals surface area (Å²) < 4.78 is 0. The van der Waals surface area contributed by atoms with Gasteiger partial charge in [-0.25, -0.2) is 0 Å². The molecule has 1 N–H and O–H groups in total. The minimum atomic E-state index is -0.469. The van der Waals surface area contributed by atoms with E-state index in [0.29, 0.717) is 0 Å². The molecule has 1 amide bonds. The van der Waals surface area contributed by atoms with E-state index in [4.69, 9.17) is 0 Å². The highest BCUT2D eigenvalue weighted by atomic mass is 16.6. The van der Waals surface area contributed by atoms with E-state index in [2.05, 4.69) is 46.3 Å². The van der Waals surface area contributed by atoms with Crippen molar-refractivity contribution < 1.29 is 9.72 Å². The van der Waals surface area contributed by atoms with Gasteiger partial charge in [0.15, 0.2) is 0 Å². The first-order chi connectivity index (χ1) is 12.9. The first-order valence-electron chi connectivity index (χ1n) is 9.01. The van der Waals surface area contributed by atoms with Crippen LogP contribution in [0.5, 0.6) is 0 Å². The number of benzene rings is 2. The summed E-state index contributed by atoms with van der Waals surface area (Å²) in [6.45, 7) is 7.34. The number of hydrogen-bond donors (Lipinski definition) is 1. The van der Waals surface area contributed by atoms with Crippen molar-refractivity contribution in [2.24, 2.45) is 0 Å². The Hall–Kier alpha value is -2.93. The van der Waals surface area contributed by atoms with Crippen LogP contribution < -0.4 is 10.2 Å². The fraction of sp³-hybridized carbons (Fsp3) is 0.350. The molecule has 0 aliphatic carbocycles. The molecule has 1 aliphatic rings. The van der Waals surface area contributed by atoms with Crippen LogP contribution in [0.4, 0.5) is 17.1 Å². The smallest absolute Gasteiger partial charge is 0.293 e. The lowest BCUT2D eigenvalue weighted by atomic mass is 10.2. The van der Waals surface area contributed by atoms with Gasteiger partial charge < -0.3 is 10.2 Å². The van der Waals surface area contributed by atoms with Crippen molar-refractivity contribution in [3.8, 4) is 0 Å². The molecule has 2 aromatic carbocycles. The molecule has 0 atom stereocenters. The number of nitrogens with one attached hydrogen (secondary N) is 1. The highest BCUT2D eigenvalue weighted by Gasteiger charge is 2.21. The SMILES string of the molecule is Cc1cccc(N2CCN(CC(=O)Nc3ccc(C)cc3[N+](=O)[O-])CC2)c1. The maximum Gasteiger partial charge on any atom is 0.293 e. The number of piperazine rings is 1. The highest BCUT2D eigenvalue weighted by molar-refractivity contribution is 5.94. The van der Waals surface area contributed by atoms with Gasteiger partial charge in [-0.05, 0) is 43.2 Å². The second-order valence-corrected chi connectivity index (χ2v) is 6.93. The maximum atomic E-state index is 12.3. The van der Waals surface area contributed by atoms with Gasteiger partial charge >= 0.3 is 0 Å². The van der Waals surface area contributed by atoms with Gasteiger partial charge in [-0.3, -0.25) is 19.8 Å². The Morgan fingerprint density at radius 2 is 1.78 bits per heavy atom. The van der Waals surface area contributed by atoms with Crippen molar-refractivity contribution >= 4 is 23.0 Å². The second-order valence-electron chi connectivity index (χ2n) is 6.93. The number of nitro benzene ring substituents is 1. The molecule has 2 aromatic rings. The molecule has 1 heterocycles. The van der Waals surface area contributed by atoms with Crippen LogP contribution in [0, 0.1) is 24.0 Å². The Kier molecular flexibility index (Phi) is 5.71. The van der Waals surface area contributed by atoms with E-state index in [1.807, 2.05) is 0 Å². The van der Waals surface area contributed by atoms with Crippen LogP contribution >= 0.6 is 0 Å². The topological polar surface area (TPSA) is 78.7 Å². The van der Waals surface area contributed by atoms with Gasteiger partial charge in [0.05, 0.1) is 11.5 Å². The van der Waals surface area contributed by atoms with Gasteiger partial charge in [0.25, 0.3) is 5.69 Å². The average molecular weight is 368 g/mol. The van der Waals surface area contributed by atoms with E-state index >= 15 is 0 Å². The molecule has 1 fully saturated rings. The number of anilines is 2. The summed E-state index contributed by atoms with van der Waals surface area (Å²) in [5, 5.41) is 13.9. The Labute approximate surface area is 158 Å².